The molecule has 0 aliphatic carbocycles. The molecule has 27 heavy (non-hydrogen) atoms. The average molecular weight is 367 g/mol. The van der Waals surface area contributed by atoms with Crippen LogP contribution >= 0.6 is 0 Å². The third-order valence-corrected chi connectivity index (χ3v) is 2.99. The van der Waals surface area contributed by atoms with E-state index in [0.717, 1.165) is 29.8 Å². The van der Waals surface area contributed by atoms with Crippen molar-refractivity contribution >= 4 is 6.21 Å². The maximum atomic E-state index is 4.28. The Hall–Kier alpha value is -2.48. The lowest BCUT2D eigenvalue weighted by molar-refractivity contribution is 0.743. The summed E-state index contributed by atoms with van der Waals surface area (Å²) in [6.07, 6.45) is 15.6. The lowest BCUT2D eigenvalue weighted by Crippen LogP contribution is -1.94. The summed E-state index contributed by atoms with van der Waals surface area (Å²) in [5, 5.41) is 0. The molecule has 0 saturated carbocycles. The number of pyridine rings is 1. The Balaban J connectivity index is 0. The van der Waals surface area contributed by atoms with E-state index in [1.54, 1.807) is 12.3 Å². The Morgan fingerprint density at radius 1 is 1.15 bits per heavy atom. The summed E-state index contributed by atoms with van der Waals surface area (Å²) in [6, 6.07) is 5.92. The Morgan fingerprint density at radius 2 is 1.74 bits per heavy atom. The van der Waals surface area contributed by atoms with Crippen molar-refractivity contribution in [3.8, 4) is 0 Å². The summed E-state index contributed by atoms with van der Waals surface area (Å²) in [4.78, 5) is 8.51. The van der Waals surface area contributed by atoms with E-state index in [1.165, 1.54) is 6.42 Å². The average Bonchev–Trinajstić information content (AvgIpc) is 2.66. The van der Waals surface area contributed by atoms with Crippen molar-refractivity contribution < 1.29 is 0 Å². The minimum Gasteiger partial charge on any atom is -0.297 e. The van der Waals surface area contributed by atoms with E-state index in [4.69, 9.17) is 0 Å². The fourth-order valence-corrected chi connectivity index (χ4v) is 1.67. The van der Waals surface area contributed by atoms with Gasteiger partial charge >= 0.3 is 0 Å². The largest absolute Gasteiger partial charge is 0.297 e. The second-order valence-corrected chi connectivity index (χ2v) is 6.05. The predicted molar refractivity (Wildman–Crippen MR) is 125 cm³/mol. The summed E-state index contributed by atoms with van der Waals surface area (Å²) < 4.78 is 0. The fourth-order valence-electron chi connectivity index (χ4n) is 1.67. The third-order valence-electron chi connectivity index (χ3n) is 2.99. The summed E-state index contributed by atoms with van der Waals surface area (Å²) in [6.45, 7) is 22.5. The summed E-state index contributed by atoms with van der Waals surface area (Å²) in [7, 11) is 0. The number of aliphatic imine (C=N–C) groups is 1. The Labute approximate surface area is 167 Å². The molecular formula is C25H38N2. The molecule has 1 atom stereocenters. The maximum Gasteiger partial charge on any atom is 0.0445 e. The van der Waals surface area contributed by atoms with Gasteiger partial charge in [0.25, 0.3) is 0 Å². The molecule has 148 valence electrons. The first-order chi connectivity index (χ1) is 13.0. The van der Waals surface area contributed by atoms with Gasteiger partial charge in [0.05, 0.1) is 0 Å². The lowest BCUT2D eigenvalue weighted by Gasteiger charge is -2.03. The molecule has 1 aromatic heterocycles. The van der Waals surface area contributed by atoms with Crippen molar-refractivity contribution in [2.24, 2.45) is 10.9 Å². The first-order valence-electron chi connectivity index (χ1n) is 9.60. The van der Waals surface area contributed by atoms with Gasteiger partial charge < -0.3 is 0 Å². The van der Waals surface area contributed by atoms with E-state index in [9.17, 15) is 0 Å². The van der Waals surface area contributed by atoms with Crippen molar-refractivity contribution in [3.05, 3.63) is 91.4 Å². The van der Waals surface area contributed by atoms with Crippen molar-refractivity contribution in [1.29, 1.82) is 0 Å². The second-order valence-electron chi connectivity index (χ2n) is 6.05. The highest BCUT2D eigenvalue weighted by Crippen LogP contribution is 2.11. The van der Waals surface area contributed by atoms with E-state index in [0.29, 0.717) is 5.92 Å². The van der Waals surface area contributed by atoms with Crippen LogP contribution in [-0.4, -0.2) is 17.7 Å². The number of aromatic nitrogens is 1. The zero-order chi connectivity index (χ0) is 20.9. The molecule has 0 amide bonds. The molecule has 0 aliphatic rings. The molecule has 1 heterocycles. The van der Waals surface area contributed by atoms with Crippen LogP contribution in [0.1, 0.15) is 46.7 Å². The molecule has 0 N–H and O–H groups in total. The van der Waals surface area contributed by atoms with Crippen LogP contribution < -0.4 is 0 Å². The van der Waals surface area contributed by atoms with Crippen molar-refractivity contribution in [2.75, 3.05) is 6.54 Å². The molecule has 1 unspecified atom stereocenters. The monoisotopic (exact) mass is 366 g/mol. The van der Waals surface area contributed by atoms with Gasteiger partial charge in [-0.05, 0) is 49.3 Å². The van der Waals surface area contributed by atoms with Crippen LogP contribution in [0.5, 0.6) is 0 Å². The van der Waals surface area contributed by atoms with Crippen LogP contribution in [0.2, 0.25) is 0 Å². The van der Waals surface area contributed by atoms with Gasteiger partial charge in [-0.3, -0.25) is 9.98 Å². The zero-order valence-electron chi connectivity index (χ0n) is 18.0. The molecule has 2 nitrogen and oxygen atoms in total. The van der Waals surface area contributed by atoms with Gasteiger partial charge in [0.15, 0.2) is 0 Å². The molecule has 0 bridgehead atoms. The zero-order valence-corrected chi connectivity index (χ0v) is 18.0. The SMILES string of the molecule is C=C(/C=C\Cc1ccccn1)C(=C)/C=C\C(C)CN=CC.C=CC.CCC. The molecular weight excluding hydrogens is 328 g/mol. The highest BCUT2D eigenvalue weighted by atomic mass is 14.7. The summed E-state index contributed by atoms with van der Waals surface area (Å²) in [5.41, 5.74) is 2.90. The van der Waals surface area contributed by atoms with Crippen LogP contribution in [0.25, 0.3) is 0 Å². The van der Waals surface area contributed by atoms with Gasteiger partial charge in [0.1, 0.15) is 0 Å². The molecule has 0 fully saturated rings. The Morgan fingerprint density at radius 3 is 2.26 bits per heavy atom. The Kier molecular flexibility index (Phi) is 19.7. The van der Waals surface area contributed by atoms with Crippen LogP contribution in [0.4, 0.5) is 0 Å². The number of nitrogens with zero attached hydrogens (tertiary/aromatic N) is 2. The normalized spacial score (nSPS) is 11.4. The standard InChI is InChI=1S/C19H24N2.C3H8.C3H6/c1-5-20-15-16(2)12-13-18(4)17(3)9-8-11-19-10-6-7-14-21-19;2*1-3-2/h5-10,12-14,16H,3-4,11,15H2,1-2H3;3H2,1-2H3;3H,1H2,2H3/b9-8-,13-12-,20-5?;;. The molecule has 0 aromatic carbocycles. The van der Waals surface area contributed by atoms with E-state index in [1.807, 2.05) is 50.4 Å². The van der Waals surface area contributed by atoms with Crippen molar-refractivity contribution in [1.82, 2.24) is 4.98 Å². The second kappa shape index (κ2) is 19.8. The van der Waals surface area contributed by atoms with Gasteiger partial charge in [-0.25, -0.2) is 0 Å². The number of allylic oxidation sites excluding steroid dienone is 6. The Bertz CT molecular complexity index is 592. The van der Waals surface area contributed by atoms with Crippen molar-refractivity contribution in [3.63, 3.8) is 0 Å². The first-order valence-corrected chi connectivity index (χ1v) is 9.60. The maximum absolute atomic E-state index is 4.28. The van der Waals surface area contributed by atoms with E-state index in [2.05, 4.69) is 62.6 Å². The van der Waals surface area contributed by atoms with E-state index >= 15 is 0 Å². The van der Waals surface area contributed by atoms with Crippen LogP contribution in [0.15, 0.2) is 90.7 Å². The molecule has 1 aromatic rings. The van der Waals surface area contributed by atoms with E-state index < -0.39 is 0 Å². The molecule has 0 spiro atoms. The molecule has 1 rings (SSSR count). The van der Waals surface area contributed by atoms with Crippen LogP contribution in [0.3, 0.4) is 0 Å². The number of hydrogen-bond acceptors (Lipinski definition) is 2. The fraction of sp³-hybridized carbons (Fsp3) is 0.360. The lowest BCUT2D eigenvalue weighted by atomic mass is 10.1. The van der Waals surface area contributed by atoms with Gasteiger partial charge in [0, 0.05) is 24.9 Å². The number of rotatable bonds is 8. The highest BCUT2D eigenvalue weighted by Gasteiger charge is 1.96. The van der Waals surface area contributed by atoms with Gasteiger partial charge in [-0.2, -0.15) is 0 Å². The molecule has 0 saturated heterocycles. The first kappa shape index (κ1) is 26.7. The van der Waals surface area contributed by atoms with Crippen LogP contribution in [-0.2, 0) is 6.42 Å². The van der Waals surface area contributed by atoms with Crippen molar-refractivity contribution in [2.45, 2.75) is 47.5 Å². The van der Waals surface area contributed by atoms with Gasteiger partial charge in [0.2, 0.25) is 0 Å². The van der Waals surface area contributed by atoms with Crippen LogP contribution in [0, 0.1) is 5.92 Å². The minimum atomic E-state index is 0.406. The number of hydrogen-bond donors (Lipinski definition) is 0. The topological polar surface area (TPSA) is 25.2 Å². The highest BCUT2D eigenvalue weighted by molar-refractivity contribution is 5.53. The van der Waals surface area contributed by atoms with Gasteiger partial charge in [-0.1, -0.05) is 76.8 Å². The smallest absolute Gasteiger partial charge is 0.0445 e. The quantitative estimate of drug-likeness (QED) is 0.271. The third kappa shape index (κ3) is 18.1. The summed E-state index contributed by atoms with van der Waals surface area (Å²) >= 11 is 0. The molecule has 2 heteroatoms. The van der Waals surface area contributed by atoms with Gasteiger partial charge in [-0.15, -0.1) is 6.58 Å². The molecule has 0 aliphatic heterocycles. The summed E-state index contributed by atoms with van der Waals surface area (Å²) in [5.74, 6) is 0.406. The van der Waals surface area contributed by atoms with E-state index in [-0.39, 0.29) is 0 Å². The molecule has 0 radical (unpaired) electrons. The predicted octanol–water partition coefficient (Wildman–Crippen LogP) is 7.18. The minimum absolute atomic E-state index is 0.406.